The number of allylic oxidation sites excluding steroid dienone is 1. The maximum absolute atomic E-state index is 13.6. The van der Waals surface area contributed by atoms with Crippen molar-refractivity contribution < 1.29 is 19.4 Å². The number of carbonyl (C=O) groups is 2. The van der Waals surface area contributed by atoms with Gasteiger partial charge in [-0.2, -0.15) is 0 Å². The van der Waals surface area contributed by atoms with E-state index in [1.54, 1.807) is 0 Å². The molecular formula is C33H36NO4P. The topological polar surface area (TPSA) is 75.6 Å². The first kappa shape index (κ1) is 26.0. The van der Waals surface area contributed by atoms with Gasteiger partial charge in [-0.3, -0.25) is 0 Å². The number of fused-ring (bicyclic) bond motifs is 1. The van der Waals surface area contributed by atoms with Crippen LogP contribution in [0.4, 0.5) is 0 Å². The average molecular weight is 542 g/mol. The van der Waals surface area contributed by atoms with Crippen LogP contribution in [0.25, 0.3) is 0 Å². The molecule has 39 heavy (non-hydrogen) atoms. The molecule has 5 atom stereocenters. The first-order chi connectivity index (χ1) is 18.9. The molecule has 2 aliphatic heterocycles. The SMILES string of the molecule is C[C@@]12OC(=O)[C@]1([C@@H](O)[C@@H]1C=CCCC1)NC(=O)[C@@H]2CC[PH](c1ccccc1)(c1ccccc1)c1ccccc1. The van der Waals surface area contributed by atoms with Crippen molar-refractivity contribution in [1.82, 2.24) is 5.32 Å². The van der Waals surface area contributed by atoms with E-state index in [-0.39, 0.29) is 11.8 Å². The van der Waals surface area contributed by atoms with Crippen molar-refractivity contribution in [3.8, 4) is 0 Å². The predicted octanol–water partition coefficient (Wildman–Crippen LogP) is 3.62. The summed E-state index contributed by atoms with van der Waals surface area (Å²) in [6.07, 6.45) is 7.04. The molecule has 0 radical (unpaired) electrons. The maximum atomic E-state index is 13.6. The Labute approximate surface area is 230 Å². The van der Waals surface area contributed by atoms with Gasteiger partial charge in [0.05, 0.1) is 0 Å². The molecule has 2 saturated heterocycles. The second-order valence-corrected chi connectivity index (χ2v) is 15.4. The Hall–Kier alpha value is -3.27. The summed E-state index contributed by atoms with van der Waals surface area (Å²) in [4.78, 5) is 26.7. The molecule has 202 valence electrons. The minimum absolute atomic E-state index is 0.184. The van der Waals surface area contributed by atoms with Crippen LogP contribution in [0.5, 0.6) is 0 Å². The van der Waals surface area contributed by atoms with Gasteiger partial charge in [0.2, 0.25) is 0 Å². The third-order valence-electron chi connectivity index (χ3n) is 9.46. The first-order valence-electron chi connectivity index (χ1n) is 14.0. The molecule has 0 unspecified atom stereocenters. The zero-order valence-electron chi connectivity index (χ0n) is 22.3. The van der Waals surface area contributed by atoms with E-state index in [1.807, 2.05) is 31.2 Å². The van der Waals surface area contributed by atoms with E-state index in [9.17, 15) is 14.7 Å². The van der Waals surface area contributed by atoms with E-state index in [0.29, 0.717) is 6.42 Å². The van der Waals surface area contributed by atoms with Crippen LogP contribution in [0.1, 0.15) is 32.6 Å². The number of amides is 1. The van der Waals surface area contributed by atoms with Crippen molar-refractivity contribution in [3.63, 3.8) is 0 Å². The van der Waals surface area contributed by atoms with Gasteiger partial charge in [0.25, 0.3) is 0 Å². The van der Waals surface area contributed by atoms with Crippen molar-refractivity contribution in [3.05, 3.63) is 103 Å². The predicted molar refractivity (Wildman–Crippen MR) is 157 cm³/mol. The average Bonchev–Trinajstić information content (AvgIpc) is 3.16. The quantitative estimate of drug-likeness (QED) is 0.260. The number of hydrogen-bond donors (Lipinski definition) is 2. The summed E-state index contributed by atoms with van der Waals surface area (Å²) >= 11 is 0. The van der Waals surface area contributed by atoms with Crippen LogP contribution in [0.15, 0.2) is 103 Å². The van der Waals surface area contributed by atoms with E-state index < -0.39 is 36.4 Å². The number of aliphatic hydroxyl groups is 1. The van der Waals surface area contributed by atoms with Crippen LogP contribution in [0.3, 0.4) is 0 Å². The van der Waals surface area contributed by atoms with Gasteiger partial charge in [0.1, 0.15) is 0 Å². The van der Waals surface area contributed by atoms with Gasteiger partial charge in [-0.25, -0.2) is 0 Å². The van der Waals surface area contributed by atoms with Crippen LogP contribution < -0.4 is 21.2 Å². The number of hydrogen-bond acceptors (Lipinski definition) is 4. The molecule has 5 nitrogen and oxygen atoms in total. The molecule has 1 amide bonds. The zero-order chi connectivity index (χ0) is 27.1. The molecule has 6 heteroatoms. The Bertz CT molecular complexity index is 1280. The Morgan fingerprint density at radius 1 is 0.923 bits per heavy atom. The van der Waals surface area contributed by atoms with Gasteiger partial charge in [-0.15, -0.1) is 0 Å². The second-order valence-electron chi connectivity index (χ2n) is 11.4. The zero-order valence-corrected chi connectivity index (χ0v) is 23.3. The number of esters is 1. The number of aliphatic hydroxyl groups excluding tert-OH is 1. The number of rotatable bonds is 8. The van der Waals surface area contributed by atoms with E-state index in [2.05, 4.69) is 84.2 Å². The van der Waals surface area contributed by atoms with Crippen molar-refractivity contribution in [2.75, 3.05) is 6.16 Å². The van der Waals surface area contributed by atoms with Crippen LogP contribution in [-0.4, -0.2) is 40.4 Å². The van der Waals surface area contributed by atoms with E-state index in [1.165, 1.54) is 15.9 Å². The molecule has 6 rings (SSSR count). The summed E-state index contributed by atoms with van der Waals surface area (Å²) in [6, 6.07) is 31.8. The van der Waals surface area contributed by atoms with E-state index in [0.717, 1.165) is 25.4 Å². The summed E-state index contributed by atoms with van der Waals surface area (Å²) < 4.78 is 5.84. The Balaban J connectivity index is 1.40. The molecule has 3 aliphatic rings. The Kier molecular flexibility index (Phi) is 6.69. The molecule has 0 spiro atoms. The van der Waals surface area contributed by atoms with Gasteiger partial charge in [-0.1, -0.05) is 0 Å². The molecule has 0 aromatic heterocycles. The van der Waals surface area contributed by atoms with Gasteiger partial charge in [0.15, 0.2) is 0 Å². The Morgan fingerprint density at radius 2 is 1.46 bits per heavy atom. The summed E-state index contributed by atoms with van der Waals surface area (Å²) in [6.45, 7) is 1.84. The summed E-state index contributed by atoms with van der Waals surface area (Å²) in [5.41, 5.74) is -2.51. The van der Waals surface area contributed by atoms with Crippen molar-refractivity contribution in [2.45, 2.75) is 49.9 Å². The monoisotopic (exact) mass is 541 g/mol. The summed E-state index contributed by atoms with van der Waals surface area (Å²) in [5.74, 6) is -1.47. The summed E-state index contributed by atoms with van der Waals surface area (Å²) in [7, 11) is -2.58. The third kappa shape index (κ3) is 3.90. The van der Waals surface area contributed by atoms with Crippen molar-refractivity contribution >= 4 is 35.1 Å². The second kappa shape index (κ2) is 10.0. The fourth-order valence-corrected chi connectivity index (χ4v) is 12.2. The molecule has 0 bridgehead atoms. The van der Waals surface area contributed by atoms with Crippen LogP contribution >= 0.6 is 7.26 Å². The van der Waals surface area contributed by atoms with Crippen molar-refractivity contribution in [2.24, 2.45) is 11.8 Å². The number of nitrogens with one attached hydrogen (secondary N) is 1. The molecule has 2 heterocycles. The van der Waals surface area contributed by atoms with E-state index >= 15 is 0 Å². The standard InChI is InChI=1S/C33H36NO4P/c1-32-28(30(36)34-33(32,31(37)38-32)29(35)24-14-6-2-7-15-24)22-23-39(25-16-8-3-9-17-25,26-18-10-4-11-19-26)27-20-12-5-13-21-27/h3-6,8-14,16-21,24,28-29,35,39H,2,7,15,22-23H2,1H3,(H,34,36)/t24-,28+,29+,32+,33+/m1/s1. The normalized spacial score (nSPS) is 29.1. The molecule has 1 aliphatic carbocycles. The van der Waals surface area contributed by atoms with Crippen molar-refractivity contribution in [1.29, 1.82) is 0 Å². The minimum atomic E-state index is -2.58. The first-order valence-corrected chi connectivity index (χ1v) is 16.2. The molecule has 2 fully saturated rings. The van der Waals surface area contributed by atoms with Gasteiger partial charge < -0.3 is 0 Å². The van der Waals surface area contributed by atoms with Crippen LogP contribution in [-0.2, 0) is 14.3 Å². The molecule has 3 aromatic carbocycles. The number of ether oxygens (including phenoxy) is 1. The fraction of sp³-hybridized carbons (Fsp3) is 0.333. The number of benzene rings is 3. The molecular weight excluding hydrogens is 505 g/mol. The van der Waals surface area contributed by atoms with E-state index in [4.69, 9.17) is 4.74 Å². The number of carbonyl (C=O) groups excluding carboxylic acids is 2. The van der Waals surface area contributed by atoms with Gasteiger partial charge in [0, 0.05) is 0 Å². The molecule has 3 aromatic rings. The van der Waals surface area contributed by atoms with Crippen LogP contribution in [0, 0.1) is 11.8 Å². The fourth-order valence-electron chi connectivity index (χ4n) is 7.34. The molecule has 0 saturated carbocycles. The Morgan fingerprint density at radius 3 is 1.92 bits per heavy atom. The van der Waals surface area contributed by atoms with Gasteiger partial charge >= 0.3 is 231 Å². The van der Waals surface area contributed by atoms with Gasteiger partial charge in [-0.05, 0) is 0 Å². The van der Waals surface area contributed by atoms with Crippen LogP contribution in [0.2, 0.25) is 0 Å². The molecule has 2 N–H and O–H groups in total. The summed E-state index contributed by atoms with van der Waals surface area (Å²) in [5, 5.41) is 18.3. The third-order valence-corrected chi connectivity index (χ3v) is 14.5.